The molecule has 2 N–H and O–H groups in total. The first kappa shape index (κ1) is 17.0. The first-order chi connectivity index (χ1) is 11.1. The van der Waals surface area contributed by atoms with E-state index in [0.29, 0.717) is 24.7 Å². The molecule has 0 aromatic heterocycles. The van der Waals surface area contributed by atoms with Crippen LogP contribution in [0.5, 0.6) is 23.0 Å². The molecule has 2 rings (SSSR count). The molecule has 0 aliphatic rings. The molecule has 23 heavy (non-hydrogen) atoms. The predicted molar refractivity (Wildman–Crippen MR) is 90.7 cm³/mol. The highest BCUT2D eigenvalue weighted by molar-refractivity contribution is 5.48. The summed E-state index contributed by atoms with van der Waals surface area (Å²) < 4.78 is 10.9. The monoisotopic (exact) mass is 316 g/mol. The zero-order valence-corrected chi connectivity index (χ0v) is 13.9. The van der Waals surface area contributed by atoms with E-state index in [4.69, 9.17) is 9.47 Å². The predicted octanol–water partition coefficient (Wildman–Crippen LogP) is 4.44. The van der Waals surface area contributed by atoms with Crippen LogP contribution in [0.15, 0.2) is 36.4 Å². The van der Waals surface area contributed by atoms with Gasteiger partial charge in [0.05, 0.1) is 13.2 Å². The quantitative estimate of drug-likeness (QED) is 0.793. The van der Waals surface area contributed by atoms with Crippen molar-refractivity contribution in [2.45, 2.75) is 33.1 Å². The SMILES string of the molecule is CCOc1cc(C(CC)c2ccc(O)c(OCC)c2)ccc1O. The molecule has 0 heterocycles. The van der Waals surface area contributed by atoms with E-state index in [-0.39, 0.29) is 17.4 Å². The third-order valence-corrected chi connectivity index (χ3v) is 3.78. The zero-order chi connectivity index (χ0) is 16.8. The number of phenolic OH excluding ortho intramolecular Hbond substituents is 2. The van der Waals surface area contributed by atoms with Crippen molar-refractivity contribution in [2.24, 2.45) is 0 Å². The van der Waals surface area contributed by atoms with Gasteiger partial charge in [0.2, 0.25) is 0 Å². The minimum absolute atomic E-state index is 0.134. The van der Waals surface area contributed by atoms with Gasteiger partial charge in [0, 0.05) is 5.92 Å². The summed E-state index contributed by atoms with van der Waals surface area (Å²) in [5, 5.41) is 19.7. The fraction of sp³-hybridized carbons (Fsp3) is 0.368. The number of ether oxygens (including phenoxy) is 2. The Labute approximate surface area is 137 Å². The molecule has 2 aromatic rings. The smallest absolute Gasteiger partial charge is 0.161 e. The molecule has 4 nitrogen and oxygen atoms in total. The number of hydrogen-bond donors (Lipinski definition) is 2. The molecular weight excluding hydrogens is 292 g/mol. The molecule has 124 valence electrons. The fourth-order valence-electron chi connectivity index (χ4n) is 2.70. The number of rotatable bonds is 7. The second-order valence-corrected chi connectivity index (χ2v) is 5.28. The average Bonchev–Trinajstić information content (AvgIpc) is 2.54. The first-order valence-electron chi connectivity index (χ1n) is 8.02. The summed E-state index contributed by atoms with van der Waals surface area (Å²) in [6.45, 7) is 6.88. The Morgan fingerprint density at radius 2 is 1.22 bits per heavy atom. The van der Waals surface area contributed by atoms with Crippen LogP contribution in [-0.2, 0) is 0 Å². The number of hydrogen-bond acceptors (Lipinski definition) is 4. The normalized spacial score (nSPS) is 10.8. The third kappa shape index (κ3) is 3.89. The van der Waals surface area contributed by atoms with E-state index in [1.165, 1.54) is 0 Å². The van der Waals surface area contributed by atoms with Crippen LogP contribution >= 0.6 is 0 Å². The molecule has 2 aromatic carbocycles. The summed E-state index contributed by atoms with van der Waals surface area (Å²) in [6.07, 6.45) is 0.882. The van der Waals surface area contributed by atoms with Crippen LogP contribution in [0.3, 0.4) is 0 Å². The Bertz CT molecular complexity index is 596. The molecule has 0 radical (unpaired) electrons. The van der Waals surface area contributed by atoms with E-state index in [2.05, 4.69) is 6.92 Å². The molecule has 0 atom stereocenters. The van der Waals surface area contributed by atoms with Gasteiger partial charge in [0.1, 0.15) is 0 Å². The Morgan fingerprint density at radius 1 is 0.783 bits per heavy atom. The van der Waals surface area contributed by atoms with E-state index in [9.17, 15) is 10.2 Å². The molecule has 4 heteroatoms. The van der Waals surface area contributed by atoms with Gasteiger partial charge in [0.25, 0.3) is 0 Å². The van der Waals surface area contributed by atoms with Crippen LogP contribution in [0.25, 0.3) is 0 Å². The Balaban J connectivity index is 2.39. The van der Waals surface area contributed by atoms with Crippen molar-refractivity contribution in [1.29, 1.82) is 0 Å². The van der Waals surface area contributed by atoms with Gasteiger partial charge in [0.15, 0.2) is 23.0 Å². The highest BCUT2D eigenvalue weighted by atomic mass is 16.5. The van der Waals surface area contributed by atoms with Crippen LogP contribution in [0.2, 0.25) is 0 Å². The molecule has 0 saturated carbocycles. The van der Waals surface area contributed by atoms with Gasteiger partial charge >= 0.3 is 0 Å². The minimum Gasteiger partial charge on any atom is -0.504 e. The number of aromatic hydroxyl groups is 2. The largest absolute Gasteiger partial charge is 0.504 e. The maximum Gasteiger partial charge on any atom is 0.161 e. The van der Waals surface area contributed by atoms with Crippen LogP contribution in [-0.4, -0.2) is 23.4 Å². The van der Waals surface area contributed by atoms with Gasteiger partial charge in [-0.05, 0) is 55.7 Å². The van der Waals surface area contributed by atoms with Crippen LogP contribution in [0.1, 0.15) is 44.2 Å². The summed E-state index contributed by atoms with van der Waals surface area (Å²) in [7, 11) is 0. The van der Waals surface area contributed by atoms with Crippen LogP contribution in [0.4, 0.5) is 0 Å². The van der Waals surface area contributed by atoms with E-state index >= 15 is 0 Å². The lowest BCUT2D eigenvalue weighted by Gasteiger charge is -2.19. The summed E-state index contributed by atoms with van der Waals surface area (Å²) in [5.41, 5.74) is 2.11. The van der Waals surface area contributed by atoms with Gasteiger partial charge in [-0.25, -0.2) is 0 Å². The molecule has 0 aliphatic heterocycles. The molecule has 0 spiro atoms. The van der Waals surface area contributed by atoms with Crippen molar-refractivity contribution in [3.63, 3.8) is 0 Å². The van der Waals surface area contributed by atoms with Crippen LogP contribution < -0.4 is 9.47 Å². The van der Waals surface area contributed by atoms with Crippen molar-refractivity contribution in [3.05, 3.63) is 47.5 Å². The molecule has 0 unspecified atom stereocenters. The first-order valence-corrected chi connectivity index (χ1v) is 8.02. The lowest BCUT2D eigenvalue weighted by Crippen LogP contribution is -2.02. The average molecular weight is 316 g/mol. The number of phenols is 2. The van der Waals surface area contributed by atoms with Gasteiger partial charge in [-0.15, -0.1) is 0 Å². The molecule has 0 fully saturated rings. The van der Waals surface area contributed by atoms with Gasteiger partial charge < -0.3 is 19.7 Å². The second kappa shape index (κ2) is 7.77. The lowest BCUT2D eigenvalue weighted by atomic mass is 9.88. The van der Waals surface area contributed by atoms with Gasteiger partial charge in [-0.2, -0.15) is 0 Å². The summed E-state index contributed by atoms with van der Waals surface area (Å²) in [5.74, 6) is 1.41. The van der Waals surface area contributed by atoms with E-state index in [1.54, 1.807) is 12.1 Å². The standard InChI is InChI=1S/C19H24O4/c1-4-15(13-7-9-16(20)18(11-13)22-5-2)14-8-10-17(21)19(12-14)23-6-3/h7-12,15,20-21H,4-6H2,1-3H3. The van der Waals surface area contributed by atoms with E-state index in [0.717, 1.165) is 17.5 Å². The topological polar surface area (TPSA) is 58.9 Å². The van der Waals surface area contributed by atoms with Crippen molar-refractivity contribution in [1.82, 2.24) is 0 Å². The molecule has 0 amide bonds. The zero-order valence-electron chi connectivity index (χ0n) is 13.9. The van der Waals surface area contributed by atoms with Crippen molar-refractivity contribution in [2.75, 3.05) is 13.2 Å². The highest BCUT2D eigenvalue weighted by Crippen LogP contribution is 2.37. The molecule has 0 bridgehead atoms. The summed E-state index contributed by atoms with van der Waals surface area (Å²) in [4.78, 5) is 0. The summed E-state index contributed by atoms with van der Waals surface area (Å²) >= 11 is 0. The van der Waals surface area contributed by atoms with Crippen molar-refractivity contribution in [3.8, 4) is 23.0 Å². The summed E-state index contributed by atoms with van der Waals surface area (Å²) in [6, 6.07) is 10.9. The van der Waals surface area contributed by atoms with Crippen molar-refractivity contribution < 1.29 is 19.7 Å². The Kier molecular flexibility index (Phi) is 5.74. The lowest BCUT2D eigenvalue weighted by molar-refractivity contribution is 0.317. The molecule has 0 aliphatic carbocycles. The minimum atomic E-state index is 0.134. The highest BCUT2D eigenvalue weighted by Gasteiger charge is 2.16. The van der Waals surface area contributed by atoms with E-state index in [1.807, 2.05) is 38.1 Å². The van der Waals surface area contributed by atoms with Gasteiger partial charge in [-0.1, -0.05) is 19.1 Å². The third-order valence-electron chi connectivity index (χ3n) is 3.78. The maximum absolute atomic E-state index is 9.86. The van der Waals surface area contributed by atoms with E-state index < -0.39 is 0 Å². The van der Waals surface area contributed by atoms with Crippen molar-refractivity contribution >= 4 is 0 Å². The van der Waals surface area contributed by atoms with Crippen LogP contribution in [0, 0.1) is 0 Å². The Morgan fingerprint density at radius 3 is 1.57 bits per heavy atom. The second-order valence-electron chi connectivity index (χ2n) is 5.28. The molecule has 0 saturated heterocycles. The number of benzene rings is 2. The maximum atomic E-state index is 9.86. The fourth-order valence-corrected chi connectivity index (χ4v) is 2.70. The molecular formula is C19H24O4. The van der Waals surface area contributed by atoms with Gasteiger partial charge in [-0.3, -0.25) is 0 Å². The Hall–Kier alpha value is -2.36.